The average molecular weight is 355 g/mol. The molecule has 0 atom stereocenters. The zero-order valence-electron chi connectivity index (χ0n) is 14.3. The van der Waals surface area contributed by atoms with Gasteiger partial charge in [-0.25, -0.2) is 0 Å². The second-order valence-electron chi connectivity index (χ2n) is 6.34. The molecule has 0 N–H and O–H groups in total. The normalized spacial score (nSPS) is 12.7. The molecule has 5 heteroatoms. The van der Waals surface area contributed by atoms with Gasteiger partial charge in [0.25, 0.3) is 0 Å². The van der Waals surface area contributed by atoms with Crippen molar-refractivity contribution in [3.05, 3.63) is 44.8 Å². The molecule has 2 rings (SSSR count). The first-order valence-electron chi connectivity index (χ1n) is 7.81. The molecule has 3 nitrogen and oxygen atoms in total. The highest BCUT2D eigenvalue weighted by molar-refractivity contribution is 7.11. The van der Waals surface area contributed by atoms with Gasteiger partial charge in [-0.1, -0.05) is 32.9 Å². The Kier molecular flexibility index (Phi) is 6.80. The van der Waals surface area contributed by atoms with Crippen LogP contribution in [0.25, 0.3) is 0 Å². The van der Waals surface area contributed by atoms with Crippen molar-refractivity contribution in [3.8, 4) is 0 Å². The molecule has 0 fully saturated rings. The second-order valence-corrected chi connectivity index (χ2v) is 8.23. The van der Waals surface area contributed by atoms with Gasteiger partial charge in [0.05, 0.1) is 26.4 Å². The van der Waals surface area contributed by atoms with E-state index in [-0.39, 0.29) is 5.41 Å². The molecule has 2 aromatic rings. The molecule has 0 bridgehead atoms. The Morgan fingerprint density at radius 1 is 0.870 bits per heavy atom. The summed E-state index contributed by atoms with van der Waals surface area (Å²) in [7, 11) is 1.68. The first-order valence-corrected chi connectivity index (χ1v) is 9.57. The van der Waals surface area contributed by atoms with Crippen LogP contribution in [0.2, 0.25) is 0 Å². The molecule has 0 aliphatic carbocycles. The van der Waals surface area contributed by atoms with Gasteiger partial charge >= 0.3 is 0 Å². The minimum Gasteiger partial charge on any atom is -0.382 e. The number of rotatable bonds is 9. The third kappa shape index (κ3) is 4.22. The van der Waals surface area contributed by atoms with Crippen molar-refractivity contribution in [1.29, 1.82) is 0 Å². The number of methoxy groups -OCH3 is 1. The summed E-state index contributed by atoms with van der Waals surface area (Å²) >= 11 is 3.50. The molecule has 0 unspecified atom stereocenters. The van der Waals surface area contributed by atoms with E-state index >= 15 is 0 Å². The van der Waals surface area contributed by atoms with Gasteiger partial charge in [-0.05, 0) is 22.9 Å². The van der Waals surface area contributed by atoms with Gasteiger partial charge in [0.2, 0.25) is 0 Å². The Morgan fingerprint density at radius 2 is 1.43 bits per heavy atom. The van der Waals surface area contributed by atoms with E-state index in [1.807, 2.05) is 0 Å². The summed E-state index contributed by atoms with van der Waals surface area (Å²) in [5.74, 6) is 0. The maximum Gasteiger partial charge on any atom is 0.141 e. The molecule has 2 aromatic heterocycles. The third-order valence-electron chi connectivity index (χ3n) is 3.77. The Hall–Kier alpha value is -0.720. The fraction of sp³-hybridized carbons (Fsp3) is 0.556. The summed E-state index contributed by atoms with van der Waals surface area (Å²) in [5.41, 5.74) is -0.519. The fourth-order valence-corrected chi connectivity index (χ4v) is 4.94. The van der Waals surface area contributed by atoms with Gasteiger partial charge < -0.3 is 14.2 Å². The van der Waals surface area contributed by atoms with E-state index < -0.39 is 5.60 Å². The lowest BCUT2D eigenvalue weighted by molar-refractivity contribution is -0.105. The van der Waals surface area contributed by atoms with E-state index in [1.54, 1.807) is 29.8 Å². The van der Waals surface area contributed by atoms with E-state index in [1.165, 1.54) is 9.75 Å². The smallest absolute Gasteiger partial charge is 0.141 e. The SMILES string of the molecule is COCCOCCOC(c1cccs1)(c1cccs1)C(C)(C)C. The van der Waals surface area contributed by atoms with Crippen LogP contribution in [0.4, 0.5) is 0 Å². The summed E-state index contributed by atoms with van der Waals surface area (Å²) < 4.78 is 17.1. The van der Waals surface area contributed by atoms with E-state index in [4.69, 9.17) is 14.2 Å². The third-order valence-corrected chi connectivity index (χ3v) is 5.71. The first-order chi connectivity index (χ1) is 11.0. The Morgan fingerprint density at radius 3 is 1.87 bits per heavy atom. The first kappa shape index (κ1) is 18.6. The maximum atomic E-state index is 6.52. The summed E-state index contributed by atoms with van der Waals surface area (Å²) in [6.45, 7) is 9.03. The monoisotopic (exact) mass is 354 g/mol. The van der Waals surface area contributed by atoms with Gasteiger partial charge in [-0.3, -0.25) is 0 Å². The van der Waals surface area contributed by atoms with Gasteiger partial charge in [-0.2, -0.15) is 0 Å². The molecule has 0 aliphatic rings. The number of thiophene rings is 2. The van der Waals surface area contributed by atoms with Crippen LogP contribution in [-0.2, 0) is 19.8 Å². The molecule has 2 heterocycles. The zero-order chi connectivity index (χ0) is 16.8. The van der Waals surface area contributed by atoms with Crippen molar-refractivity contribution in [2.45, 2.75) is 26.4 Å². The Labute approximate surface area is 147 Å². The molecule has 128 valence electrons. The lowest BCUT2D eigenvalue weighted by Gasteiger charge is -2.43. The van der Waals surface area contributed by atoms with E-state index in [0.717, 1.165) is 0 Å². The maximum absolute atomic E-state index is 6.52. The fourth-order valence-electron chi connectivity index (χ4n) is 2.68. The van der Waals surface area contributed by atoms with Gasteiger partial charge in [0, 0.05) is 22.3 Å². The van der Waals surface area contributed by atoms with Crippen molar-refractivity contribution in [2.24, 2.45) is 5.41 Å². The number of hydrogen-bond donors (Lipinski definition) is 0. The van der Waals surface area contributed by atoms with E-state index in [2.05, 4.69) is 55.8 Å². The van der Waals surface area contributed by atoms with Crippen molar-refractivity contribution in [1.82, 2.24) is 0 Å². The number of hydrogen-bond acceptors (Lipinski definition) is 5. The van der Waals surface area contributed by atoms with Crippen LogP contribution in [0.5, 0.6) is 0 Å². The highest BCUT2D eigenvalue weighted by atomic mass is 32.1. The second kappa shape index (κ2) is 8.40. The van der Waals surface area contributed by atoms with Crippen LogP contribution >= 0.6 is 22.7 Å². The Bertz CT molecular complexity index is 507. The molecule has 0 spiro atoms. The molecule has 0 saturated heterocycles. The molecular weight excluding hydrogens is 328 g/mol. The molecular formula is C18H26O3S2. The topological polar surface area (TPSA) is 27.7 Å². The van der Waals surface area contributed by atoms with Gasteiger partial charge in [0.1, 0.15) is 5.60 Å². The van der Waals surface area contributed by atoms with Crippen molar-refractivity contribution >= 4 is 22.7 Å². The van der Waals surface area contributed by atoms with E-state index in [0.29, 0.717) is 26.4 Å². The molecule has 23 heavy (non-hydrogen) atoms. The largest absolute Gasteiger partial charge is 0.382 e. The van der Waals surface area contributed by atoms with Crippen LogP contribution in [-0.4, -0.2) is 33.5 Å². The predicted octanol–water partition coefficient (Wildman–Crippen LogP) is 4.78. The standard InChI is InChI=1S/C18H26O3S2/c1-17(2,3)18(15-7-5-13-22-15,16-8-6-14-23-16)21-12-11-20-10-9-19-4/h5-8,13-14H,9-12H2,1-4H3. The summed E-state index contributed by atoms with van der Waals surface area (Å²) in [5, 5.41) is 4.23. The summed E-state index contributed by atoms with van der Waals surface area (Å²) in [4.78, 5) is 2.48. The minimum atomic E-state index is -0.444. The molecule has 0 aromatic carbocycles. The summed E-state index contributed by atoms with van der Waals surface area (Å²) in [6.07, 6.45) is 0. The molecule has 0 amide bonds. The van der Waals surface area contributed by atoms with E-state index in [9.17, 15) is 0 Å². The number of ether oxygens (including phenoxy) is 3. The van der Waals surface area contributed by atoms with Crippen LogP contribution in [0.3, 0.4) is 0 Å². The molecule has 0 radical (unpaired) electrons. The minimum absolute atomic E-state index is 0.0742. The van der Waals surface area contributed by atoms with Crippen LogP contribution in [0.1, 0.15) is 30.5 Å². The van der Waals surface area contributed by atoms with Gasteiger partial charge in [0.15, 0.2) is 0 Å². The van der Waals surface area contributed by atoms with Crippen LogP contribution in [0, 0.1) is 5.41 Å². The zero-order valence-corrected chi connectivity index (χ0v) is 16.0. The van der Waals surface area contributed by atoms with Crippen molar-refractivity contribution in [2.75, 3.05) is 33.5 Å². The Balaban J connectivity index is 2.21. The van der Waals surface area contributed by atoms with Crippen LogP contribution in [0.15, 0.2) is 35.0 Å². The lowest BCUT2D eigenvalue weighted by atomic mass is 9.74. The predicted molar refractivity (Wildman–Crippen MR) is 97.5 cm³/mol. The highest BCUT2D eigenvalue weighted by Crippen LogP contribution is 2.50. The van der Waals surface area contributed by atoms with Crippen molar-refractivity contribution in [3.63, 3.8) is 0 Å². The quantitative estimate of drug-likeness (QED) is 0.607. The van der Waals surface area contributed by atoms with Crippen LogP contribution < -0.4 is 0 Å². The summed E-state index contributed by atoms with van der Waals surface area (Å²) in [6, 6.07) is 8.52. The molecule has 0 saturated carbocycles. The lowest BCUT2D eigenvalue weighted by Crippen LogP contribution is -2.43. The van der Waals surface area contributed by atoms with Gasteiger partial charge in [-0.15, -0.1) is 22.7 Å². The van der Waals surface area contributed by atoms with Crippen molar-refractivity contribution < 1.29 is 14.2 Å². The average Bonchev–Trinajstić information content (AvgIpc) is 3.19. The highest BCUT2D eigenvalue weighted by Gasteiger charge is 2.47. The molecule has 0 aliphatic heterocycles.